The highest BCUT2D eigenvalue weighted by Gasteiger charge is 2.03. The molecule has 0 radical (unpaired) electrons. The minimum absolute atomic E-state index is 0.167. The second kappa shape index (κ2) is 11.4. The van der Waals surface area contributed by atoms with Crippen molar-refractivity contribution in [1.82, 2.24) is 0 Å². The third kappa shape index (κ3) is 7.62. The van der Waals surface area contributed by atoms with Crippen molar-refractivity contribution in [2.24, 2.45) is 0 Å². The van der Waals surface area contributed by atoms with Crippen molar-refractivity contribution in [3.63, 3.8) is 0 Å². The highest BCUT2D eigenvalue weighted by molar-refractivity contribution is 5.89. The summed E-state index contributed by atoms with van der Waals surface area (Å²) in [6.45, 7) is 3.06. The van der Waals surface area contributed by atoms with Crippen LogP contribution in [-0.4, -0.2) is 26.0 Å². The van der Waals surface area contributed by atoms with Crippen LogP contribution in [0.25, 0.3) is 10.8 Å². The first-order valence-electron chi connectivity index (χ1n) is 8.11. The number of fused-ring (bicyclic) bond motifs is 1. The Balaban J connectivity index is 0.000000219. The zero-order valence-electron chi connectivity index (χ0n) is 15.6. The van der Waals surface area contributed by atoms with Crippen LogP contribution in [0.1, 0.15) is 24.2 Å². The maximum atomic E-state index is 11.0. The van der Waals surface area contributed by atoms with Crippen LogP contribution in [0.15, 0.2) is 72.8 Å². The Labute approximate surface area is 154 Å². The highest BCUT2D eigenvalue weighted by Crippen LogP contribution is 2.12. The van der Waals surface area contributed by atoms with E-state index in [0.717, 1.165) is 5.75 Å². The molecule has 0 heterocycles. The fraction of sp³-hybridized carbons (Fsp3) is 0.182. The van der Waals surface area contributed by atoms with Crippen LogP contribution >= 0.6 is 0 Å². The van der Waals surface area contributed by atoms with Gasteiger partial charge in [-0.05, 0) is 48.9 Å². The van der Waals surface area contributed by atoms with Crippen LogP contribution in [0, 0.1) is 0 Å². The van der Waals surface area contributed by atoms with Crippen molar-refractivity contribution in [1.29, 1.82) is 0 Å². The van der Waals surface area contributed by atoms with E-state index in [2.05, 4.69) is 53.3 Å². The summed E-state index contributed by atoms with van der Waals surface area (Å²) in [5.41, 5.74) is 0.526. The average Bonchev–Trinajstić information content (AvgIpc) is 2.67. The molecular formula is C22H24O4. The maximum Gasteiger partial charge on any atom is 0.337 e. The predicted octanol–water partition coefficient (Wildman–Crippen LogP) is 4.92. The zero-order valence-corrected chi connectivity index (χ0v) is 15.6. The van der Waals surface area contributed by atoms with Crippen molar-refractivity contribution < 1.29 is 19.1 Å². The smallest absolute Gasteiger partial charge is 0.337 e. The van der Waals surface area contributed by atoms with Crippen LogP contribution in [0.2, 0.25) is 0 Å². The van der Waals surface area contributed by atoms with Gasteiger partial charge in [0.05, 0.1) is 19.8 Å². The van der Waals surface area contributed by atoms with Gasteiger partial charge in [-0.25, -0.2) is 4.79 Å². The predicted molar refractivity (Wildman–Crippen MR) is 105 cm³/mol. The molecular weight excluding hydrogens is 328 g/mol. The second-order valence-corrected chi connectivity index (χ2v) is 5.48. The van der Waals surface area contributed by atoms with Gasteiger partial charge in [0.25, 0.3) is 0 Å². The Bertz CT molecular complexity index is 753. The molecule has 3 aromatic carbocycles. The summed E-state index contributed by atoms with van der Waals surface area (Å²) >= 11 is 0. The van der Waals surface area contributed by atoms with Gasteiger partial charge in [-0.3, -0.25) is 0 Å². The van der Waals surface area contributed by atoms with Crippen LogP contribution in [0.4, 0.5) is 0 Å². The number of ether oxygens (including phenoxy) is 2. The lowest BCUT2D eigenvalue weighted by Crippen LogP contribution is -2.00. The third-order valence-corrected chi connectivity index (χ3v) is 3.17. The van der Waals surface area contributed by atoms with Crippen molar-refractivity contribution >= 4 is 22.5 Å². The topological polar surface area (TPSA) is 52.6 Å². The Morgan fingerprint density at radius 3 is 1.38 bits per heavy atom. The van der Waals surface area contributed by atoms with Crippen molar-refractivity contribution in [2.45, 2.75) is 13.8 Å². The summed E-state index contributed by atoms with van der Waals surface area (Å²) in [6.07, 6.45) is 0. The van der Waals surface area contributed by atoms with E-state index in [-0.39, 0.29) is 11.8 Å². The molecule has 0 atom stereocenters. The summed E-state index contributed by atoms with van der Waals surface area (Å²) in [7, 11) is 2.93. The van der Waals surface area contributed by atoms with Crippen LogP contribution < -0.4 is 4.74 Å². The van der Waals surface area contributed by atoms with Gasteiger partial charge in [-0.2, -0.15) is 0 Å². The van der Waals surface area contributed by atoms with E-state index in [1.165, 1.54) is 31.7 Å². The molecule has 0 fully saturated rings. The molecule has 0 amide bonds. The number of carbonyl (C=O) groups excluding carboxylic acids is 2. The van der Waals surface area contributed by atoms with Gasteiger partial charge >= 0.3 is 5.97 Å². The van der Waals surface area contributed by atoms with Gasteiger partial charge < -0.3 is 14.3 Å². The molecule has 0 bridgehead atoms. The molecule has 0 saturated carbocycles. The Hall–Kier alpha value is -3.14. The molecule has 0 aromatic heterocycles. The molecule has 3 rings (SSSR count). The number of benzene rings is 3. The fourth-order valence-corrected chi connectivity index (χ4v) is 1.98. The molecule has 26 heavy (non-hydrogen) atoms. The van der Waals surface area contributed by atoms with Crippen molar-refractivity contribution in [3.8, 4) is 5.75 Å². The van der Waals surface area contributed by atoms with Crippen LogP contribution in [-0.2, 0) is 9.53 Å². The molecule has 4 nitrogen and oxygen atoms in total. The molecule has 3 aromatic rings. The molecule has 0 saturated heterocycles. The molecule has 0 aliphatic heterocycles. The number of rotatable bonds is 2. The van der Waals surface area contributed by atoms with E-state index in [9.17, 15) is 9.59 Å². The number of esters is 1. The van der Waals surface area contributed by atoms with Gasteiger partial charge in [0.1, 0.15) is 11.5 Å². The standard InChI is InChI=1S/C10H8.C9H10O3.C3H6O/c1-2-6-10-8-4-3-7-9(10)5-1;1-11-8-5-3-7(4-6-8)9(10)12-2;1-3(2)4/h1-8H;3-6H,1-2H3;1-2H3. The number of hydrogen-bond acceptors (Lipinski definition) is 4. The summed E-state index contributed by atoms with van der Waals surface area (Å²) < 4.78 is 9.46. The SMILES string of the molecule is CC(C)=O.COC(=O)c1ccc(OC)cc1.c1ccc2ccccc2c1. The molecule has 0 N–H and O–H groups in total. The summed E-state index contributed by atoms with van der Waals surface area (Å²) in [5, 5.41) is 2.62. The molecule has 0 unspecified atom stereocenters. The number of hydrogen-bond donors (Lipinski definition) is 0. The first kappa shape index (κ1) is 20.9. The maximum absolute atomic E-state index is 11.0. The molecule has 0 aliphatic carbocycles. The minimum Gasteiger partial charge on any atom is -0.497 e. The van der Waals surface area contributed by atoms with Gasteiger partial charge in [-0.1, -0.05) is 48.5 Å². The monoisotopic (exact) mass is 352 g/mol. The fourth-order valence-electron chi connectivity index (χ4n) is 1.98. The number of Topliss-reactive ketones (excluding diaryl/α,β-unsaturated/α-hetero) is 1. The zero-order chi connectivity index (χ0) is 19.4. The minimum atomic E-state index is -0.336. The van der Waals surface area contributed by atoms with E-state index in [0.29, 0.717) is 5.56 Å². The number of carbonyl (C=O) groups is 2. The average molecular weight is 352 g/mol. The van der Waals surface area contributed by atoms with Crippen molar-refractivity contribution in [3.05, 3.63) is 78.4 Å². The Morgan fingerprint density at radius 2 is 1.08 bits per heavy atom. The van der Waals surface area contributed by atoms with Gasteiger partial charge in [-0.15, -0.1) is 0 Å². The van der Waals surface area contributed by atoms with E-state index in [1.54, 1.807) is 31.4 Å². The van der Waals surface area contributed by atoms with Crippen molar-refractivity contribution in [2.75, 3.05) is 14.2 Å². The summed E-state index contributed by atoms with van der Waals surface area (Å²) in [6, 6.07) is 23.5. The second-order valence-electron chi connectivity index (χ2n) is 5.48. The molecule has 4 heteroatoms. The quantitative estimate of drug-likeness (QED) is 0.615. The lowest BCUT2D eigenvalue weighted by atomic mass is 10.1. The molecule has 0 aliphatic rings. The highest BCUT2D eigenvalue weighted by atomic mass is 16.5. The first-order valence-corrected chi connectivity index (χ1v) is 8.11. The van der Waals surface area contributed by atoms with Crippen LogP contribution in [0.3, 0.4) is 0 Å². The van der Waals surface area contributed by atoms with E-state index in [4.69, 9.17) is 4.74 Å². The lowest BCUT2D eigenvalue weighted by Gasteiger charge is -2.00. The van der Waals surface area contributed by atoms with Crippen LogP contribution in [0.5, 0.6) is 5.75 Å². The first-order chi connectivity index (χ1) is 12.5. The van der Waals surface area contributed by atoms with E-state index < -0.39 is 0 Å². The number of methoxy groups -OCH3 is 2. The normalized spacial score (nSPS) is 9.08. The van der Waals surface area contributed by atoms with Gasteiger partial charge in [0.15, 0.2) is 0 Å². The number of ketones is 1. The summed E-state index contributed by atoms with van der Waals surface area (Å²) in [4.78, 5) is 20.4. The lowest BCUT2D eigenvalue weighted by molar-refractivity contribution is -0.115. The van der Waals surface area contributed by atoms with E-state index in [1.807, 2.05) is 0 Å². The Kier molecular flexibility index (Phi) is 9.18. The Morgan fingerprint density at radius 1 is 0.692 bits per heavy atom. The molecule has 136 valence electrons. The van der Waals surface area contributed by atoms with E-state index >= 15 is 0 Å². The van der Waals surface area contributed by atoms with Gasteiger partial charge in [0.2, 0.25) is 0 Å². The van der Waals surface area contributed by atoms with Gasteiger partial charge in [0, 0.05) is 0 Å². The molecule has 0 spiro atoms. The largest absolute Gasteiger partial charge is 0.497 e. The summed E-state index contributed by atoms with van der Waals surface area (Å²) in [5.74, 6) is 0.556. The third-order valence-electron chi connectivity index (χ3n) is 3.17.